The molecule has 1 unspecified atom stereocenters. The molecule has 0 bridgehead atoms. The second-order valence-corrected chi connectivity index (χ2v) is 6.90. The molecule has 5 nitrogen and oxygen atoms in total. The Labute approximate surface area is 147 Å². The summed E-state index contributed by atoms with van der Waals surface area (Å²) in [6.45, 7) is 5.22. The number of nitrogens with zero attached hydrogens (tertiary/aromatic N) is 1. The van der Waals surface area contributed by atoms with Gasteiger partial charge in [0, 0.05) is 30.4 Å². The second kappa shape index (κ2) is 9.39. The minimum absolute atomic E-state index is 0.0969. The predicted octanol–water partition coefficient (Wildman–Crippen LogP) is 3.23. The van der Waals surface area contributed by atoms with Crippen LogP contribution in [0.1, 0.15) is 48.4 Å². The number of amides is 2. The number of rotatable bonds is 8. The SMILES string of the molecule is CC(C)c1nc(CNC(=O)NCC(CCO)c2ccccc2)cs1. The number of aliphatic hydroxyl groups is 1. The third-order valence-corrected chi connectivity index (χ3v) is 4.95. The van der Waals surface area contributed by atoms with Crippen molar-refractivity contribution in [3.05, 3.63) is 52.0 Å². The molecule has 2 amide bonds. The zero-order valence-corrected chi connectivity index (χ0v) is 15.0. The summed E-state index contributed by atoms with van der Waals surface area (Å²) in [7, 11) is 0. The van der Waals surface area contributed by atoms with Crippen molar-refractivity contribution in [2.45, 2.75) is 38.6 Å². The molecule has 130 valence electrons. The summed E-state index contributed by atoms with van der Waals surface area (Å²) in [5.41, 5.74) is 2.00. The molecular formula is C18H25N3O2S. The highest BCUT2D eigenvalue weighted by Crippen LogP contribution is 2.19. The minimum atomic E-state index is -0.215. The summed E-state index contributed by atoms with van der Waals surface area (Å²) in [6.07, 6.45) is 0.619. The molecule has 1 atom stereocenters. The summed E-state index contributed by atoms with van der Waals surface area (Å²) in [4.78, 5) is 16.5. The quantitative estimate of drug-likeness (QED) is 0.686. The average Bonchev–Trinajstić information content (AvgIpc) is 3.07. The van der Waals surface area contributed by atoms with Crippen molar-refractivity contribution in [3.8, 4) is 0 Å². The van der Waals surface area contributed by atoms with Crippen LogP contribution in [0.4, 0.5) is 4.79 Å². The molecule has 0 saturated heterocycles. The Balaban J connectivity index is 1.80. The standard InChI is InChI=1S/C18H25N3O2S/c1-13(2)17-21-16(12-24-17)11-20-18(23)19-10-15(8-9-22)14-6-4-3-5-7-14/h3-7,12-13,15,22H,8-11H2,1-2H3,(H2,19,20,23). The van der Waals surface area contributed by atoms with Crippen molar-refractivity contribution >= 4 is 17.4 Å². The Morgan fingerprint density at radius 3 is 2.62 bits per heavy atom. The molecule has 0 radical (unpaired) electrons. The topological polar surface area (TPSA) is 74.2 Å². The lowest BCUT2D eigenvalue weighted by molar-refractivity contribution is 0.237. The Morgan fingerprint density at radius 2 is 2.00 bits per heavy atom. The lowest BCUT2D eigenvalue weighted by atomic mass is 9.96. The van der Waals surface area contributed by atoms with Gasteiger partial charge in [0.1, 0.15) is 0 Å². The Kier molecular flexibility index (Phi) is 7.21. The number of hydrogen-bond acceptors (Lipinski definition) is 4. The lowest BCUT2D eigenvalue weighted by Gasteiger charge is -2.17. The van der Waals surface area contributed by atoms with Crippen LogP contribution in [0.25, 0.3) is 0 Å². The molecule has 0 spiro atoms. The van der Waals surface area contributed by atoms with Crippen molar-refractivity contribution in [1.29, 1.82) is 0 Å². The summed E-state index contributed by atoms with van der Waals surface area (Å²) in [5.74, 6) is 0.511. The summed E-state index contributed by atoms with van der Waals surface area (Å²) < 4.78 is 0. The highest BCUT2D eigenvalue weighted by molar-refractivity contribution is 7.09. The first kappa shape index (κ1) is 18.4. The smallest absolute Gasteiger partial charge is 0.315 e. The van der Waals surface area contributed by atoms with Gasteiger partial charge in [0.15, 0.2) is 0 Å². The molecule has 0 aliphatic rings. The van der Waals surface area contributed by atoms with E-state index in [0.29, 0.717) is 25.4 Å². The van der Waals surface area contributed by atoms with Crippen LogP contribution in [-0.2, 0) is 6.54 Å². The molecular weight excluding hydrogens is 322 g/mol. The maximum Gasteiger partial charge on any atom is 0.315 e. The summed E-state index contributed by atoms with van der Waals surface area (Å²) in [5, 5.41) is 18.0. The molecule has 6 heteroatoms. The molecule has 24 heavy (non-hydrogen) atoms. The molecule has 0 saturated carbocycles. The van der Waals surface area contributed by atoms with Gasteiger partial charge in [0.2, 0.25) is 0 Å². The van der Waals surface area contributed by atoms with Crippen LogP contribution in [0, 0.1) is 0 Å². The Morgan fingerprint density at radius 1 is 1.25 bits per heavy atom. The first-order valence-electron chi connectivity index (χ1n) is 8.22. The molecule has 2 rings (SSSR count). The van der Waals surface area contributed by atoms with Gasteiger partial charge < -0.3 is 15.7 Å². The van der Waals surface area contributed by atoms with E-state index >= 15 is 0 Å². The van der Waals surface area contributed by atoms with Gasteiger partial charge in [0.25, 0.3) is 0 Å². The monoisotopic (exact) mass is 347 g/mol. The summed E-state index contributed by atoms with van der Waals surface area (Å²) >= 11 is 1.62. The number of aliphatic hydroxyl groups excluding tert-OH is 1. The summed E-state index contributed by atoms with van der Waals surface area (Å²) in [6, 6.07) is 9.71. The molecule has 1 aromatic carbocycles. The highest BCUT2D eigenvalue weighted by atomic mass is 32.1. The molecule has 0 aliphatic heterocycles. The number of carbonyl (C=O) groups excluding carboxylic acids is 1. The molecule has 2 aromatic rings. The number of nitrogens with one attached hydrogen (secondary N) is 2. The maximum absolute atomic E-state index is 12.0. The largest absolute Gasteiger partial charge is 0.396 e. The fraction of sp³-hybridized carbons (Fsp3) is 0.444. The van der Waals surface area contributed by atoms with Gasteiger partial charge in [-0.2, -0.15) is 0 Å². The molecule has 0 aliphatic carbocycles. The van der Waals surface area contributed by atoms with Gasteiger partial charge in [-0.3, -0.25) is 0 Å². The Bertz CT molecular complexity index is 628. The van der Waals surface area contributed by atoms with Crippen LogP contribution in [0.5, 0.6) is 0 Å². The van der Waals surface area contributed by atoms with Gasteiger partial charge in [0.05, 0.1) is 17.2 Å². The lowest BCUT2D eigenvalue weighted by Crippen LogP contribution is -2.37. The molecule has 0 fully saturated rings. The van der Waals surface area contributed by atoms with Gasteiger partial charge in [-0.15, -0.1) is 11.3 Å². The van der Waals surface area contributed by atoms with E-state index < -0.39 is 0 Å². The van der Waals surface area contributed by atoms with Crippen molar-refractivity contribution in [1.82, 2.24) is 15.6 Å². The van der Waals surface area contributed by atoms with Gasteiger partial charge in [-0.25, -0.2) is 9.78 Å². The average molecular weight is 347 g/mol. The predicted molar refractivity (Wildman–Crippen MR) is 97.3 cm³/mol. The highest BCUT2D eigenvalue weighted by Gasteiger charge is 2.12. The van der Waals surface area contributed by atoms with Crippen molar-refractivity contribution in [3.63, 3.8) is 0 Å². The van der Waals surface area contributed by atoms with Gasteiger partial charge in [-0.1, -0.05) is 44.2 Å². The van der Waals surface area contributed by atoms with Crippen molar-refractivity contribution < 1.29 is 9.90 Å². The molecule has 1 aromatic heterocycles. The van der Waals surface area contributed by atoms with Gasteiger partial charge in [-0.05, 0) is 12.0 Å². The third kappa shape index (κ3) is 5.62. The third-order valence-electron chi connectivity index (χ3n) is 3.75. The van der Waals surface area contributed by atoms with E-state index in [2.05, 4.69) is 29.5 Å². The zero-order valence-electron chi connectivity index (χ0n) is 14.2. The molecule has 3 N–H and O–H groups in total. The van der Waals surface area contributed by atoms with Crippen LogP contribution in [0.3, 0.4) is 0 Å². The van der Waals surface area contributed by atoms with Crippen LogP contribution >= 0.6 is 11.3 Å². The number of benzene rings is 1. The van der Waals surface area contributed by atoms with Gasteiger partial charge >= 0.3 is 6.03 Å². The second-order valence-electron chi connectivity index (χ2n) is 6.02. The van der Waals surface area contributed by atoms with E-state index in [1.54, 1.807) is 11.3 Å². The van der Waals surface area contributed by atoms with E-state index in [9.17, 15) is 9.90 Å². The van der Waals surface area contributed by atoms with Crippen molar-refractivity contribution in [2.24, 2.45) is 0 Å². The first-order chi connectivity index (χ1) is 11.6. The first-order valence-corrected chi connectivity index (χ1v) is 9.10. The number of urea groups is 1. The van der Waals surface area contributed by atoms with Crippen LogP contribution < -0.4 is 10.6 Å². The van der Waals surface area contributed by atoms with Crippen LogP contribution in [0.15, 0.2) is 35.7 Å². The minimum Gasteiger partial charge on any atom is -0.396 e. The number of carbonyl (C=O) groups is 1. The number of aromatic nitrogens is 1. The van der Waals surface area contributed by atoms with Crippen molar-refractivity contribution in [2.75, 3.05) is 13.2 Å². The van der Waals surface area contributed by atoms with E-state index in [1.165, 1.54) is 0 Å². The van der Waals surface area contributed by atoms with E-state index in [-0.39, 0.29) is 18.6 Å². The van der Waals surface area contributed by atoms with E-state index in [1.807, 2.05) is 35.7 Å². The number of thiazole rings is 1. The molecule has 1 heterocycles. The number of hydrogen-bond donors (Lipinski definition) is 3. The Hall–Kier alpha value is -1.92. The van der Waals surface area contributed by atoms with E-state index in [0.717, 1.165) is 16.3 Å². The fourth-order valence-corrected chi connectivity index (χ4v) is 3.22. The van der Waals surface area contributed by atoms with E-state index in [4.69, 9.17) is 0 Å². The van der Waals surface area contributed by atoms with Crippen LogP contribution in [-0.4, -0.2) is 29.3 Å². The maximum atomic E-state index is 12.0. The fourth-order valence-electron chi connectivity index (χ4n) is 2.39. The zero-order chi connectivity index (χ0) is 17.4. The van der Waals surface area contributed by atoms with Crippen LogP contribution in [0.2, 0.25) is 0 Å². The normalized spacial score (nSPS) is 12.2.